The third-order valence-corrected chi connectivity index (χ3v) is 4.46. The van der Waals surface area contributed by atoms with Crippen LogP contribution in [-0.4, -0.2) is 43.0 Å². The van der Waals surface area contributed by atoms with Gasteiger partial charge in [0.1, 0.15) is 5.82 Å². The molecule has 140 valence electrons. The summed E-state index contributed by atoms with van der Waals surface area (Å²) < 4.78 is 13.4. The fourth-order valence-electron chi connectivity index (χ4n) is 2.88. The van der Waals surface area contributed by atoms with Gasteiger partial charge in [-0.25, -0.2) is 4.39 Å². The maximum atomic E-state index is 13.4. The predicted octanol–water partition coefficient (Wildman–Crippen LogP) is 2.07. The Morgan fingerprint density at radius 1 is 1.31 bits per heavy atom. The molecule has 0 atom stereocenters. The van der Waals surface area contributed by atoms with E-state index in [4.69, 9.17) is 0 Å². The average Bonchev–Trinajstić information content (AvgIpc) is 3.36. The van der Waals surface area contributed by atoms with E-state index in [1.165, 1.54) is 6.07 Å². The molecule has 0 radical (unpaired) electrons. The summed E-state index contributed by atoms with van der Waals surface area (Å²) in [7, 11) is 1.72. The molecule has 3 rings (SSSR count). The number of aromatic amines is 1. The Bertz CT molecular complexity index is 781. The van der Waals surface area contributed by atoms with Gasteiger partial charge in [-0.1, -0.05) is 0 Å². The summed E-state index contributed by atoms with van der Waals surface area (Å²) in [6.07, 6.45) is 6.20. The van der Waals surface area contributed by atoms with Crippen molar-refractivity contribution in [3.8, 4) is 0 Å². The van der Waals surface area contributed by atoms with Crippen LogP contribution in [0, 0.1) is 5.82 Å². The van der Waals surface area contributed by atoms with Gasteiger partial charge >= 0.3 is 0 Å². The van der Waals surface area contributed by atoms with Crippen molar-refractivity contribution in [2.45, 2.75) is 38.1 Å². The molecular formula is C19H26FN5O. The topological polar surface area (TPSA) is 81.3 Å². The average molecular weight is 359 g/mol. The van der Waals surface area contributed by atoms with Crippen molar-refractivity contribution in [2.75, 3.05) is 20.1 Å². The summed E-state index contributed by atoms with van der Waals surface area (Å²) in [6.45, 7) is 1.38. The Kier molecular flexibility index (Phi) is 6.09. The van der Waals surface area contributed by atoms with E-state index in [9.17, 15) is 9.18 Å². The Morgan fingerprint density at radius 2 is 2.12 bits per heavy atom. The molecule has 4 N–H and O–H groups in total. The Hall–Kier alpha value is -2.57. The van der Waals surface area contributed by atoms with Gasteiger partial charge in [-0.05, 0) is 49.4 Å². The molecule has 1 heterocycles. The molecule has 1 saturated carbocycles. The highest BCUT2D eigenvalue weighted by atomic mass is 19.1. The fourth-order valence-corrected chi connectivity index (χ4v) is 2.88. The first-order chi connectivity index (χ1) is 12.7. The number of hydrogen-bond acceptors (Lipinski definition) is 2. The van der Waals surface area contributed by atoms with Crippen molar-refractivity contribution in [3.63, 3.8) is 0 Å². The number of carbonyl (C=O) groups excluding carboxylic acids is 1. The molecule has 1 fully saturated rings. The maximum Gasteiger partial charge on any atom is 0.220 e. The van der Waals surface area contributed by atoms with Crippen LogP contribution in [0.2, 0.25) is 0 Å². The largest absolute Gasteiger partial charge is 0.361 e. The van der Waals surface area contributed by atoms with Gasteiger partial charge < -0.3 is 20.9 Å². The Balaban J connectivity index is 1.36. The number of amides is 1. The standard InChI is InChI=1S/C19H26FN5O/c1-21-19(22-9-2-3-18(26)25-15-5-6-15)23-10-8-13-12-24-17-7-4-14(20)11-16(13)17/h4,7,11-12,15,24H,2-3,5-6,8-10H2,1H3,(H,25,26)(H2,21,22,23). The SMILES string of the molecule is CN=C(NCCCC(=O)NC1CC1)NCCc1c[nH]c2ccc(F)cc12. The first kappa shape index (κ1) is 18.2. The maximum absolute atomic E-state index is 13.4. The van der Waals surface area contributed by atoms with Crippen molar-refractivity contribution >= 4 is 22.8 Å². The highest BCUT2D eigenvalue weighted by molar-refractivity contribution is 5.83. The minimum absolute atomic E-state index is 0.129. The van der Waals surface area contributed by atoms with Crippen LogP contribution in [-0.2, 0) is 11.2 Å². The summed E-state index contributed by atoms with van der Waals surface area (Å²) >= 11 is 0. The van der Waals surface area contributed by atoms with Crippen LogP contribution in [0.1, 0.15) is 31.2 Å². The second-order valence-electron chi connectivity index (χ2n) is 6.62. The van der Waals surface area contributed by atoms with E-state index >= 15 is 0 Å². The van der Waals surface area contributed by atoms with Gasteiger partial charge in [0.05, 0.1) is 0 Å². The van der Waals surface area contributed by atoms with Crippen LogP contribution in [0.3, 0.4) is 0 Å². The third-order valence-electron chi connectivity index (χ3n) is 4.46. The molecule has 0 bridgehead atoms. The van der Waals surface area contributed by atoms with E-state index in [0.29, 0.717) is 31.5 Å². The summed E-state index contributed by atoms with van der Waals surface area (Å²) in [5, 5.41) is 10.4. The molecule has 0 spiro atoms. The lowest BCUT2D eigenvalue weighted by atomic mass is 10.1. The summed E-state index contributed by atoms with van der Waals surface area (Å²) in [4.78, 5) is 19.0. The zero-order valence-electron chi connectivity index (χ0n) is 15.1. The molecular weight excluding hydrogens is 333 g/mol. The summed E-state index contributed by atoms with van der Waals surface area (Å²) in [5.74, 6) is 0.608. The number of carbonyl (C=O) groups is 1. The first-order valence-electron chi connectivity index (χ1n) is 9.15. The molecule has 1 aliphatic rings. The van der Waals surface area contributed by atoms with Crippen molar-refractivity contribution in [3.05, 3.63) is 35.8 Å². The van der Waals surface area contributed by atoms with E-state index in [2.05, 4.69) is 25.9 Å². The quantitative estimate of drug-likeness (QED) is 0.331. The van der Waals surface area contributed by atoms with Gasteiger partial charge in [0.25, 0.3) is 0 Å². The van der Waals surface area contributed by atoms with E-state index in [1.54, 1.807) is 19.2 Å². The molecule has 1 aliphatic carbocycles. The Morgan fingerprint density at radius 3 is 2.88 bits per heavy atom. The van der Waals surface area contributed by atoms with Crippen LogP contribution < -0.4 is 16.0 Å². The number of benzene rings is 1. The lowest BCUT2D eigenvalue weighted by Crippen LogP contribution is -2.39. The number of fused-ring (bicyclic) bond motifs is 1. The van der Waals surface area contributed by atoms with Gasteiger partial charge in [0, 0.05) is 49.7 Å². The van der Waals surface area contributed by atoms with Gasteiger partial charge in [0.2, 0.25) is 5.91 Å². The highest BCUT2D eigenvalue weighted by Crippen LogP contribution is 2.19. The molecule has 1 aromatic carbocycles. The van der Waals surface area contributed by atoms with Crippen LogP contribution >= 0.6 is 0 Å². The Labute approximate surface area is 152 Å². The lowest BCUT2D eigenvalue weighted by Gasteiger charge is -2.11. The number of rotatable bonds is 8. The number of nitrogens with zero attached hydrogens (tertiary/aromatic N) is 1. The van der Waals surface area contributed by atoms with E-state index in [1.807, 2.05) is 6.20 Å². The van der Waals surface area contributed by atoms with Crippen LogP contribution in [0.25, 0.3) is 10.9 Å². The minimum atomic E-state index is -0.227. The number of guanidine groups is 1. The smallest absolute Gasteiger partial charge is 0.220 e. The molecule has 1 aromatic heterocycles. The molecule has 0 saturated heterocycles. The molecule has 0 unspecified atom stereocenters. The second kappa shape index (κ2) is 8.69. The third kappa shape index (κ3) is 5.21. The van der Waals surface area contributed by atoms with E-state index < -0.39 is 0 Å². The number of H-pyrrole nitrogens is 1. The van der Waals surface area contributed by atoms with Crippen molar-refractivity contribution in [1.82, 2.24) is 20.9 Å². The monoisotopic (exact) mass is 359 g/mol. The van der Waals surface area contributed by atoms with Gasteiger partial charge in [-0.15, -0.1) is 0 Å². The normalized spacial score (nSPS) is 14.5. The zero-order valence-corrected chi connectivity index (χ0v) is 15.1. The molecule has 0 aliphatic heterocycles. The van der Waals surface area contributed by atoms with Crippen LogP contribution in [0.15, 0.2) is 29.4 Å². The number of hydrogen-bond donors (Lipinski definition) is 4. The lowest BCUT2D eigenvalue weighted by molar-refractivity contribution is -0.121. The minimum Gasteiger partial charge on any atom is -0.361 e. The van der Waals surface area contributed by atoms with Crippen LogP contribution in [0.5, 0.6) is 0 Å². The number of halogens is 1. The van der Waals surface area contributed by atoms with Crippen molar-refractivity contribution in [1.29, 1.82) is 0 Å². The first-order valence-corrected chi connectivity index (χ1v) is 9.15. The zero-order chi connectivity index (χ0) is 18.4. The van der Waals surface area contributed by atoms with E-state index in [-0.39, 0.29) is 11.7 Å². The van der Waals surface area contributed by atoms with Crippen LogP contribution in [0.4, 0.5) is 4.39 Å². The molecule has 6 nitrogen and oxygen atoms in total. The highest BCUT2D eigenvalue weighted by Gasteiger charge is 2.22. The summed E-state index contributed by atoms with van der Waals surface area (Å²) in [5.41, 5.74) is 2.01. The predicted molar refractivity (Wildman–Crippen MR) is 102 cm³/mol. The molecule has 1 amide bonds. The van der Waals surface area contributed by atoms with Crippen molar-refractivity contribution in [2.24, 2.45) is 4.99 Å². The van der Waals surface area contributed by atoms with Gasteiger partial charge in [-0.2, -0.15) is 0 Å². The van der Waals surface area contributed by atoms with Crippen molar-refractivity contribution < 1.29 is 9.18 Å². The van der Waals surface area contributed by atoms with Gasteiger partial charge in [-0.3, -0.25) is 9.79 Å². The number of aromatic nitrogens is 1. The molecule has 26 heavy (non-hydrogen) atoms. The summed E-state index contributed by atoms with van der Waals surface area (Å²) in [6, 6.07) is 5.18. The fraction of sp³-hybridized carbons (Fsp3) is 0.474. The number of nitrogens with one attached hydrogen (secondary N) is 4. The molecule has 7 heteroatoms. The van der Waals surface area contributed by atoms with Gasteiger partial charge in [0.15, 0.2) is 5.96 Å². The second-order valence-corrected chi connectivity index (χ2v) is 6.62. The number of aliphatic imine (C=N–C) groups is 1. The molecule has 2 aromatic rings. The van der Waals surface area contributed by atoms with E-state index in [0.717, 1.165) is 42.1 Å².